The van der Waals surface area contributed by atoms with Crippen LogP contribution in [-0.2, 0) is 16.4 Å². The first-order valence-corrected chi connectivity index (χ1v) is 8.99. The van der Waals surface area contributed by atoms with Crippen LogP contribution in [0, 0.1) is 11.3 Å². The van der Waals surface area contributed by atoms with E-state index in [1.54, 1.807) is 0 Å². The maximum atomic E-state index is 9.15. The van der Waals surface area contributed by atoms with Crippen LogP contribution in [0.25, 0.3) is 0 Å². The van der Waals surface area contributed by atoms with Gasteiger partial charge in [0.2, 0.25) is 0 Å². The Kier molecular flexibility index (Phi) is 4.55. The summed E-state index contributed by atoms with van der Waals surface area (Å²) < 4.78 is 5.73. The molecule has 2 N–H and O–H groups in total. The lowest BCUT2D eigenvalue weighted by atomic mass is 9.83. The third kappa shape index (κ3) is 3.34. The second-order valence-electron chi connectivity index (χ2n) is 5.77. The molecule has 4 heteroatoms. The second-order valence-corrected chi connectivity index (χ2v) is 8.21. The zero-order chi connectivity index (χ0) is 13.9. The van der Waals surface area contributed by atoms with Crippen molar-refractivity contribution in [2.45, 2.75) is 45.9 Å². The maximum Gasteiger partial charge on any atom is 0.171 e. The third-order valence-corrected chi connectivity index (χ3v) is 3.68. The van der Waals surface area contributed by atoms with Crippen LogP contribution in [0.5, 0.6) is 0 Å². The summed E-state index contributed by atoms with van der Waals surface area (Å²) in [6.07, 6.45) is 0. The van der Waals surface area contributed by atoms with Crippen molar-refractivity contribution >= 4 is 14.7 Å². The van der Waals surface area contributed by atoms with Gasteiger partial charge in [-0.2, -0.15) is 5.26 Å². The van der Waals surface area contributed by atoms with E-state index in [1.165, 1.54) is 0 Å². The Bertz CT molecular complexity index is 470. The molecule has 0 fully saturated rings. The molecule has 1 aromatic carbocycles. The first-order chi connectivity index (χ1) is 8.27. The highest BCUT2D eigenvalue weighted by molar-refractivity contribution is 6.48. The van der Waals surface area contributed by atoms with Crippen LogP contribution in [0.15, 0.2) is 12.1 Å². The molecule has 0 saturated carbocycles. The molecular formula is C14H22N2OSi. The van der Waals surface area contributed by atoms with Gasteiger partial charge < -0.3 is 10.2 Å². The summed E-state index contributed by atoms with van der Waals surface area (Å²) in [5.41, 5.74) is 9.43. The van der Waals surface area contributed by atoms with Gasteiger partial charge in [0, 0.05) is 11.3 Å². The minimum Gasteiger partial charge on any atom is -0.416 e. The highest BCUT2D eigenvalue weighted by atomic mass is 28.3. The number of nitrogens with zero attached hydrogens (tertiary/aromatic N) is 1. The molecule has 3 nitrogen and oxygen atoms in total. The molecule has 0 heterocycles. The first kappa shape index (κ1) is 14.7. The summed E-state index contributed by atoms with van der Waals surface area (Å²) in [4.78, 5) is 0. The largest absolute Gasteiger partial charge is 0.416 e. The minimum atomic E-state index is -1.12. The molecule has 0 radical (unpaired) electrons. The molecule has 0 spiro atoms. The summed E-state index contributed by atoms with van der Waals surface area (Å²) in [5, 5.41) is 9.15. The van der Waals surface area contributed by atoms with Gasteiger partial charge in [-0.25, -0.2) is 0 Å². The Balaban J connectivity index is 3.24. The first-order valence-electron chi connectivity index (χ1n) is 6.21. The van der Waals surface area contributed by atoms with Gasteiger partial charge in [0.15, 0.2) is 9.04 Å². The van der Waals surface area contributed by atoms with E-state index in [-0.39, 0.29) is 5.41 Å². The van der Waals surface area contributed by atoms with Gasteiger partial charge in [0.1, 0.15) is 0 Å². The summed E-state index contributed by atoms with van der Waals surface area (Å²) in [5.74, 6) is 0. The molecule has 0 unspecified atom stereocenters. The predicted octanol–water partition coefficient (Wildman–Crippen LogP) is 2.94. The predicted molar refractivity (Wildman–Crippen MR) is 77.9 cm³/mol. The van der Waals surface area contributed by atoms with Gasteiger partial charge in [0.05, 0.1) is 18.2 Å². The van der Waals surface area contributed by atoms with Crippen molar-refractivity contribution in [3.63, 3.8) is 0 Å². The van der Waals surface area contributed by atoms with E-state index in [1.807, 2.05) is 12.1 Å². The third-order valence-electron chi connectivity index (χ3n) is 2.85. The molecule has 0 aliphatic heterocycles. The molecule has 0 amide bonds. The molecule has 0 aromatic heterocycles. The highest BCUT2D eigenvalue weighted by Crippen LogP contribution is 2.32. The lowest BCUT2D eigenvalue weighted by Gasteiger charge is -2.24. The van der Waals surface area contributed by atoms with Crippen molar-refractivity contribution in [2.75, 3.05) is 5.73 Å². The number of benzene rings is 1. The summed E-state index contributed by atoms with van der Waals surface area (Å²) in [7, 11) is -1.12. The number of nitrogens with two attached hydrogens (primary N) is 1. The zero-order valence-corrected chi connectivity index (χ0v) is 13.0. The van der Waals surface area contributed by atoms with Crippen molar-refractivity contribution in [3.8, 4) is 6.07 Å². The quantitative estimate of drug-likeness (QED) is 0.673. The maximum absolute atomic E-state index is 9.15. The molecule has 0 atom stereocenters. The second kappa shape index (κ2) is 5.55. The minimum absolute atomic E-state index is 0.0257. The molecular weight excluding hydrogens is 240 g/mol. The number of hydrogen-bond acceptors (Lipinski definition) is 3. The molecule has 18 heavy (non-hydrogen) atoms. The van der Waals surface area contributed by atoms with Crippen LogP contribution in [-0.4, -0.2) is 9.04 Å². The smallest absolute Gasteiger partial charge is 0.171 e. The summed E-state index contributed by atoms with van der Waals surface area (Å²) >= 11 is 0. The average Bonchev–Trinajstić information content (AvgIpc) is 2.24. The monoisotopic (exact) mass is 262 g/mol. The average molecular weight is 262 g/mol. The fourth-order valence-electron chi connectivity index (χ4n) is 1.83. The van der Waals surface area contributed by atoms with Gasteiger partial charge in [-0.15, -0.1) is 0 Å². The van der Waals surface area contributed by atoms with Crippen LogP contribution in [0.2, 0.25) is 13.1 Å². The molecule has 0 saturated heterocycles. The van der Waals surface area contributed by atoms with Gasteiger partial charge in [-0.3, -0.25) is 0 Å². The summed E-state index contributed by atoms with van der Waals surface area (Å²) in [6.45, 7) is 11.0. The Morgan fingerprint density at radius 1 is 1.33 bits per heavy atom. The van der Waals surface area contributed by atoms with Gasteiger partial charge in [-0.05, 0) is 30.1 Å². The van der Waals surface area contributed by atoms with E-state index in [9.17, 15) is 0 Å². The number of rotatable bonds is 3. The normalized spacial score (nSPS) is 11.6. The molecule has 98 valence electrons. The van der Waals surface area contributed by atoms with Crippen LogP contribution in [0.4, 0.5) is 5.69 Å². The van der Waals surface area contributed by atoms with E-state index < -0.39 is 9.04 Å². The summed E-state index contributed by atoms with van der Waals surface area (Å²) in [6, 6.07) is 5.99. The van der Waals surface area contributed by atoms with Crippen molar-refractivity contribution in [2.24, 2.45) is 0 Å². The SMILES string of the molecule is C[SiH](C)OCc1c(C#N)ccc(C(C)(C)C)c1N. The standard InChI is InChI=1S/C14H22N2OSi/c1-14(2,3)12-7-6-10(8-15)11(13(12)16)9-17-18(4)5/h6-7,18H,9,16H2,1-5H3. The van der Waals surface area contributed by atoms with E-state index in [0.717, 1.165) is 11.1 Å². The van der Waals surface area contributed by atoms with Crippen molar-refractivity contribution in [1.82, 2.24) is 0 Å². The van der Waals surface area contributed by atoms with Gasteiger partial charge in [0.25, 0.3) is 0 Å². The zero-order valence-electron chi connectivity index (χ0n) is 11.9. The molecule has 0 bridgehead atoms. The molecule has 0 aliphatic carbocycles. The van der Waals surface area contributed by atoms with E-state index in [0.29, 0.717) is 17.9 Å². The molecule has 0 aliphatic rings. The van der Waals surface area contributed by atoms with Crippen LogP contribution in [0.3, 0.4) is 0 Å². The van der Waals surface area contributed by atoms with Gasteiger partial charge in [-0.1, -0.05) is 26.8 Å². The van der Waals surface area contributed by atoms with Crippen LogP contribution < -0.4 is 5.73 Å². The number of hydrogen-bond donors (Lipinski definition) is 1. The van der Waals surface area contributed by atoms with Crippen LogP contribution in [0.1, 0.15) is 37.5 Å². The number of anilines is 1. The van der Waals surface area contributed by atoms with Gasteiger partial charge >= 0.3 is 0 Å². The number of nitriles is 1. The van der Waals surface area contributed by atoms with E-state index >= 15 is 0 Å². The molecule has 1 aromatic rings. The molecule has 1 rings (SSSR count). The van der Waals surface area contributed by atoms with Crippen molar-refractivity contribution < 1.29 is 4.43 Å². The Morgan fingerprint density at radius 2 is 1.94 bits per heavy atom. The van der Waals surface area contributed by atoms with Crippen molar-refractivity contribution in [1.29, 1.82) is 5.26 Å². The lowest BCUT2D eigenvalue weighted by Crippen LogP contribution is -2.17. The fourth-order valence-corrected chi connectivity index (χ4v) is 2.33. The van der Waals surface area contributed by atoms with Crippen molar-refractivity contribution in [3.05, 3.63) is 28.8 Å². The van der Waals surface area contributed by atoms with E-state index in [2.05, 4.69) is 39.9 Å². The Morgan fingerprint density at radius 3 is 2.39 bits per heavy atom. The number of nitrogen functional groups attached to an aromatic ring is 1. The van der Waals surface area contributed by atoms with Crippen LogP contribution >= 0.6 is 0 Å². The Labute approximate surface area is 111 Å². The highest BCUT2D eigenvalue weighted by Gasteiger charge is 2.20. The lowest BCUT2D eigenvalue weighted by molar-refractivity contribution is 0.314. The Hall–Kier alpha value is -1.31. The topological polar surface area (TPSA) is 59.0 Å². The fraction of sp³-hybridized carbons (Fsp3) is 0.500. The van der Waals surface area contributed by atoms with E-state index in [4.69, 9.17) is 15.4 Å².